The molecule has 0 aliphatic rings. The summed E-state index contributed by atoms with van der Waals surface area (Å²) >= 11 is 5.21. The molecule has 6 nitrogen and oxygen atoms in total. The van der Waals surface area contributed by atoms with Gasteiger partial charge in [-0.2, -0.15) is 33.1 Å². The van der Waals surface area contributed by atoms with Crippen LogP contribution in [0.4, 0.5) is 13.2 Å². The van der Waals surface area contributed by atoms with Crippen molar-refractivity contribution < 1.29 is 13.2 Å². The zero-order valence-corrected chi connectivity index (χ0v) is 15.5. The second-order valence-electron chi connectivity index (χ2n) is 6.06. The monoisotopic (exact) mass is 414 g/mol. The Labute approximate surface area is 167 Å². The second-order valence-corrected chi connectivity index (χ2v) is 6.45. The molecule has 4 rings (SSSR count). The number of aromatic nitrogens is 5. The third kappa shape index (κ3) is 4.02. The van der Waals surface area contributed by atoms with Gasteiger partial charge in [-0.25, -0.2) is 5.10 Å². The van der Waals surface area contributed by atoms with E-state index in [-0.39, 0.29) is 4.77 Å². The average molecular weight is 414 g/mol. The number of rotatable bonds is 4. The molecule has 2 aromatic heterocycles. The molecule has 2 heterocycles. The van der Waals surface area contributed by atoms with E-state index >= 15 is 0 Å². The molecule has 0 unspecified atom stereocenters. The minimum atomic E-state index is -4.38. The van der Waals surface area contributed by atoms with Crippen LogP contribution in [0, 0.1) is 4.77 Å². The quantitative estimate of drug-likeness (QED) is 0.369. The maximum absolute atomic E-state index is 12.7. The predicted octanol–water partition coefficient (Wildman–Crippen LogP) is 4.90. The van der Waals surface area contributed by atoms with Crippen molar-refractivity contribution in [3.05, 3.63) is 76.6 Å². The van der Waals surface area contributed by atoms with Crippen LogP contribution in [0.1, 0.15) is 11.1 Å². The van der Waals surface area contributed by atoms with Gasteiger partial charge in [0.1, 0.15) is 5.69 Å². The Bertz CT molecular complexity index is 1200. The summed E-state index contributed by atoms with van der Waals surface area (Å²) in [6.07, 6.45) is -2.98. The molecule has 10 heteroatoms. The van der Waals surface area contributed by atoms with Gasteiger partial charge >= 0.3 is 6.18 Å². The van der Waals surface area contributed by atoms with Crippen LogP contribution >= 0.6 is 12.2 Å². The van der Waals surface area contributed by atoms with E-state index in [0.717, 1.165) is 23.4 Å². The molecule has 0 radical (unpaired) electrons. The fourth-order valence-corrected chi connectivity index (χ4v) is 2.83. The van der Waals surface area contributed by atoms with Gasteiger partial charge in [-0.05, 0) is 36.0 Å². The SMILES string of the molecule is FC(F)(F)c1ccc(C=Nn2c(-c3cc(-c4ccccc4)n[nH]3)n[nH]c2=S)cc1. The number of hydrogen-bond acceptors (Lipinski definition) is 4. The van der Waals surface area contributed by atoms with E-state index < -0.39 is 11.7 Å². The highest BCUT2D eigenvalue weighted by molar-refractivity contribution is 7.71. The number of halogens is 3. The lowest BCUT2D eigenvalue weighted by atomic mass is 10.1. The molecule has 4 aromatic rings. The second kappa shape index (κ2) is 7.47. The van der Waals surface area contributed by atoms with Gasteiger partial charge in [-0.1, -0.05) is 42.5 Å². The Hall–Kier alpha value is -3.53. The topological polar surface area (TPSA) is 74.7 Å². The normalized spacial score (nSPS) is 12.0. The zero-order valence-electron chi connectivity index (χ0n) is 14.7. The van der Waals surface area contributed by atoms with Crippen molar-refractivity contribution in [3.63, 3.8) is 0 Å². The summed E-state index contributed by atoms with van der Waals surface area (Å²) in [7, 11) is 0. The minimum absolute atomic E-state index is 0.235. The number of hydrogen-bond donors (Lipinski definition) is 2. The van der Waals surface area contributed by atoms with Crippen LogP contribution in [-0.4, -0.2) is 31.3 Å². The largest absolute Gasteiger partial charge is 0.416 e. The summed E-state index contributed by atoms with van der Waals surface area (Å²) in [5, 5.41) is 18.2. The molecule has 0 spiro atoms. The Morgan fingerprint density at radius 1 is 0.966 bits per heavy atom. The van der Waals surface area contributed by atoms with Crippen LogP contribution in [-0.2, 0) is 6.18 Å². The van der Waals surface area contributed by atoms with Gasteiger partial charge in [0.15, 0.2) is 0 Å². The fourth-order valence-electron chi connectivity index (χ4n) is 2.65. The van der Waals surface area contributed by atoms with Crippen molar-refractivity contribution >= 4 is 18.4 Å². The molecule has 0 fully saturated rings. The molecule has 2 N–H and O–H groups in total. The van der Waals surface area contributed by atoms with Crippen LogP contribution in [0.25, 0.3) is 22.8 Å². The molecule has 0 saturated carbocycles. The molecule has 146 valence electrons. The van der Waals surface area contributed by atoms with Crippen molar-refractivity contribution in [2.45, 2.75) is 6.18 Å². The standard InChI is InChI=1S/C19H13F3N6S/c20-19(21,22)14-8-6-12(7-9-14)11-23-28-17(26-27-18(28)29)16-10-15(24-25-16)13-4-2-1-3-5-13/h1-11H,(H,24,25)(H,27,29). The number of H-pyrrole nitrogens is 2. The number of alkyl halides is 3. The molecule has 0 aliphatic heterocycles. The fraction of sp³-hybridized carbons (Fsp3) is 0.0526. The van der Waals surface area contributed by atoms with E-state index in [9.17, 15) is 13.2 Å². The summed E-state index contributed by atoms with van der Waals surface area (Å²) in [5.74, 6) is 0.396. The summed E-state index contributed by atoms with van der Waals surface area (Å²) in [4.78, 5) is 0. The zero-order chi connectivity index (χ0) is 20.4. The van der Waals surface area contributed by atoms with E-state index in [4.69, 9.17) is 12.2 Å². The first-order valence-electron chi connectivity index (χ1n) is 8.42. The Morgan fingerprint density at radius 2 is 1.69 bits per heavy atom. The lowest BCUT2D eigenvalue weighted by molar-refractivity contribution is -0.137. The number of benzene rings is 2. The highest BCUT2D eigenvalue weighted by Gasteiger charge is 2.29. The first kappa shape index (κ1) is 18.8. The first-order chi connectivity index (χ1) is 13.9. The molecule has 0 aliphatic carbocycles. The smallest absolute Gasteiger partial charge is 0.274 e. The number of nitrogens with zero attached hydrogens (tertiary/aromatic N) is 4. The Balaban J connectivity index is 1.62. The third-order valence-electron chi connectivity index (χ3n) is 4.10. The van der Waals surface area contributed by atoms with Gasteiger partial charge in [-0.3, -0.25) is 5.10 Å². The molecular formula is C19H13F3N6S. The van der Waals surface area contributed by atoms with Crippen molar-refractivity contribution in [2.75, 3.05) is 0 Å². The van der Waals surface area contributed by atoms with Gasteiger partial charge in [0.2, 0.25) is 10.6 Å². The summed E-state index contributed by atoms with van der Waals surface area (Å²) in [5.41, 5.74) is 2.01. The summed E-state index contributed by atoms with van der Waals surface area (Å²) in [6, 6.07) is 16.1. The van der Waals surface area contributed by atoms with Crippen molar-refractivity contribution in [3.8, 4) is 22.8 Å². The van der Waals surface area contributed by atoms with E-state index in [1.54, 1.807) is 0 Å². The highest BCUT2D eigenvalue weighted by Crippen LogP contribution is 2.29. The minimum Gasteiger partial charge on any atom is -0.274 e. The summed E-state index contributed by atoms with van der Waals surface area (Å²) in [6.45, 7) is 0. The predicted molar refractivity (Wildman–Crippen MR) is 105 cm³/mol. The van der Waals surface area contributed by atoms with Crippen LogP contribution in [0.5, 0.6) is 0 Å². The van der Waals surface area contributed by atoms with Gasteiger partial charge < -0.3 is 0 Å². The van der Waals surface area contributed by atoms with Crippen LogP contribution < -0.4 is 0 Å². The first-order valence-corrected chi connectivity index (χ1v) is 8.83. The molecule has 0 saturated heterocycles. The third-order valence-corrected chi connectivity index (χ3v) is 4.36. The van der Waals surface area contributed by atoms with E-state index in [2.05, 4.69) is 25.5 Å². The van der Waals surface area contributed by atoms with E-state index in [1.807, 2.05) is 36.4 Å². The maximum atomic E-state index is 12.7. The molecular weight excluding hydrogens is 401 g/mol. The number of nitrogens with one attached hydrogen (secondary N) is 2. The van der Waals surface area contributed by atoms with Crippen molar-refractivity contribution in [1.82, 2.24) is 25.1 Å². The molecule has 0 atom stereocenters. The Morgan fingerprint density at radius 3 is 2.38 bits per heavy atom. The van der Waals surface area contributed by atoms with Crippen LogP contribution in [0.15, 0.2) is 65.8 Å². The maximum Gasteiger partial charge on any atom is 0.416 e. The van der Waals surface area contributed by atoms with Gasteiger partial charge in [-0.15, -0.1) is 0 Å². The molecule has 2 aromatic carbocycles. The van der Waals surface area contributed by atoms with Gasteiger partial charge in [0.25, 0.3) is 0 Å². The molecule has 0 amide bonds. The van der Waals surface area contributed by atoms with Crippen molar-refractivity contribution in [1.29, 1.82) is 0 Å². The van der Waals surface area contributed by atoms with Gasteiger partial charge in [0, 0.05) is 5.56 Å². The molecule has 29 heavy (non-hydrogen) atoms. The summed E-state index contributed by atoms with van der Waals surface area (Å²) < 4.78 is 39.6. The Kier molecular flexibility index (Phi) is 4.85. The van der Waals surface area contributed by atoms with Crippen LogP contribution in [0.3, 0.4) is 0 Å². The van der Waals surface area contributed by atoms with Gasteiger partial charge in [0.05, 0.1) is 17.5 Å². The number of aromatic amines is 2. The average Bonchev–Trinajstić information content (AvgIpc) is 3.33. The van der Waals surface area contributed by atoms with E-state index in [0.29, 0.717) is 17.1 Å². The molecule has 0 bridgehead atoms. The lowest BCUT2D eigenvalue weighted by Crippen LogP contribution is -2.04. The van der Waals surface area contributed by atoms with Crippen molar-refractivity contribution in [2.24, 2.45) is 5.10 Å². The van der Waals surface area contributed by atoms with E-state index in [1.165, 1.54) is 23.0 Å². The van der Waals surface area contributed by atoms with Crippen LogP contribution in [0.2, 0.25) is 0 Å². The highest BCUT2D eigenvalue weighted by atomic mass is 32.1. The lowest BCUT2D eigenvalue weighted by Gasteiger charge is -2.05.